The van der Waals surface area contributed by atoms with E-state index in [1.807, 2.05) is 24.3 Å². The van der Waals surface area contributed by atoms with Gasteiger partial charge in [-0.25, -0.2) is 9.97 Å². The Balaban J connectivity index is 1.57. The molecule has 4 aromatic rings. The maximum absolute atomic E-state index is 12.6. The number of hydrogen-bond acceptors (Lipinski definition) is 7. The smallest absolute Gasteiger partial charge is 0.274 e. The van der Waals surface area contributed by atoms with E-state index in [2.05, 4.69) is 30.5 Å². The number of hydrogen-bond donors (Lipinski definition) is 2. The summed E-state index contributed by atoms with van der Waals surface area (Å²) in [5.41, 5.74) is 7.50. The van der Waals surface area contributed by atoms with E-state index in [1.54, 1.807) is 19.3 Å². The summed E-state index contributed by atoms with van der Waals surface area (Å²) in [7, 11) is 0. The second kappa shape index (κ2) is 6.79. The van der Waals surface area contributed by atoms with Crippen molar-refractivity contribution in [3.05, 3.63) is 66.0 Å². The van der Waals surface area contributed by atoms with E-state index < -0.39 is 5.91 Å². The number of benzene rings is 1. The highest BCUT2D eigenvalue weighted by Crippen LogP contribution is 2.18. The third-order valence-corrected chi connectivity index (χ3v) is 4.11. The number of anilines is 1. The number of nitrogens with one attached hydrogen (secondary N) is 1. The molecule has 1 aromatic carbocycles. The van der Waals surface area contributed by atoms with Crippen molar-refractivity contribution in [2.24, 2.45) is 0 Å². The molecule has 9 heteroatoms. The number of nitrogens with two attached hydrogens (primary N) is 1. The summed E-state index contributed by atoms with van der Waals surface area (Å²) in [6.07, 6.45) is 6.56. The Kier molecular flexibility index (Phi) is 4.17. The molecule has 4 rings (SSSR count). The molecule has 0 unspecified atom stereocenters. The average Bonchev–Trinajstić information content (AvgIpc) is 3.22. The van der Waals surface area contributed by atoms with Gasteiger partial charge in [-0.15, -0.1) is 4.80 Å². The fourth-order valence-corrected chi connectivity index (χ4v) is 2.81. The Morgan fingerprint density at radius 3 is 2.78 bits per heavy atom. The number of pyridine rings is 1. The molecule has 1 amide bonds. The van der Waals surface area contributed by atoms with Gasteiger partial charge in [0.25, 0.3) is 5.91 Å². The number of fused-ring (bicyclic) bond motifs is 1. The summed E-state index contributed by atoms with van der Waals surface area (Å²) in [6.45, 7) is 2.06. The molecule has 3 N–H and O–H groups in total. The van der Waals surface area contributed by atoms with Gasteiger partial charge in [0.15, 0.2) is 17.3 Å². The minimum absolute atomic E-state index is 0.0209. The molecule has 0 saturated heterocycles. The highest BCUT2D eigenvalue weighted by atomic mass is 16.1. The Hall–Kier alpha value is -3.88. The van der Waals surface area contributed by atoms with E-state index in [-0.39, 0.29) is 11.5 Å². The summed E-state index contributed by atoms with van der Waals surface area (Å²) in [5.74, 6) is 0.0113. The van der Waals surface area contributed by atoms with E-state index in [0.717, 1.165) is 16.3 Å². The van der Waals surface area contributed by atoms with Crippen LogP contribution in [0.4, 0.5) is 5.82 Å². The maximum Gasteiger partial charge on any atom is 0.274 e. The van der Waals surface area contributed by atoms with Gasteiger partial charge in [-0.2, -0.15) is 10.2 Å². The van der Waals surface area contributed by atoms with Gasteiger partial charge in [0.1, 0.15) is 0 Å². The monoisotopic (exact) mass is 360 g/mol. The highest BCUT2D eigenvalue weighted by Gasteiger charge is 2.17. The van der Waals surface area contributed by atoms with Crippen LogP contribution in [0, 0.1) is 6.92 Å². The first kappa shape index (κ1) is 16.6. The van der Waals surface area contributed by atoms with Gasteiger partial charge in [-0.05, 0) is 23.9 Å². The Morgan fingerprint density at radius 2 is 1.96 bits per heavy atom. The molecule has 0 spiro atoms. The molecule has 3 heterocycles. The topological polar surface area (TPSA) is 124 Å². The van der Waals surface area contributed by atoms with Crippen LogP contribution >= 0.6 is 0 Å². The minimum atomic E-state index is -0.394. The van der Waals surface area contributed by atoms with E-state index >= 15 is 0 Å². The van der Waals surface area contributed by atoms with Crippen molar-refractivity contribution in [3.63, 3.8) is 0 Å². The first-order chi connectivity index (χ1) is 13.1. The summed E-state index contributed by atoms with van der Waals surface area (Å²) in [6, 6.07) is 7.77. The number of carbonyl (C=O) groups excluding carboxylic acids is 1. The SMILES string of the molecule is Cc1nc(C(=O)NCc2cccc3cnccc23)c(N)nc1-n1nccn1. The van der Waals surface area contributed by atoms with E-state index in [0.29, 0.717) is 18.1 Å². The van der Waals surface area contributed by atoms with Crippen molar-refractivity contribution in [2.75, 3.05) is 5.73 Å². The molecule has 0 saturated carbocycles. The predicted molar refractivity (Wildman–Crippen MR) is 99.0 cm³/mol. The zero-order chi connectivity index (χ0) is 18.8. The number of aromatic nitrogens is 6. The molecular formula is C18H16N8O. The molecule has 0 fully saturated rings. The summed E-state index contributed by atoms with van der Waals surface area (Å²) in [5, 5.41) is 12.9. The van der Waals surface area contributed by atoms with Gasteiger partial charge >= 0.3 is 0 Å². The zero-order valence-corrected chi connectivity index (χ0v) is 14.5. The van der Waals surface area contributed by atoms with E-state index in [1.165, 1.54) is 17.2 Å². The van der Waals surface area contributed by atoms with Gasteiger partial charge in [0, 0.05) is 24.3 Å². The molecular weight excluding hydrogens is 344 g/mol. The quantitative estimate of drug-likeness (QED) is 0.564. The van der Waals surface area contributed by atoms with Crippen LogP contribution in [-0.2, 0) is 6.54 Å². The maximum atomic E-state index is 12.6. The van der Waals surface area contributed by atoms with Gasteiger partial charge in [-0.1, -0.05) is 18.2 Å². The van der Waals surface area contributed by atoms with Crippen molar-refractivity contribution >= 4 is 22.5 Å². The third-order valence-electron chi connectivity index (χ3n) is 4.11. The average molecular weight is 360 g/mol. The molecule has 27 heavy (non-hydrogen) atoms. The van der Waals surface area contributed by atoms with E-state index in [9.17, 15) is 4.79 Å². The predicted octanol–water partition coefficient (Wildman–Crippen LogP) is 1.43. The Bertz CT molecular complexity index is 1120. The molecule has 0 bridgehead atoms. The van der Waals surface area contributed by atoms with Gasteiger partial charge in [0.05, 0.1) is 18.1 Å². The Labute approximate surface area is 154 Å². The molecule has 9 nitrogen and oxygen atoms in total. The number of aryl methyl sites for hydroxylation is 1. The summed E-state index contributed by atoms with van der Waals surface area (Å²) >= 11 is 0. The Morgan fingerprint density at radius 1 is 1.15 bits per heavy atom. The summed E-state index contributed by atoms with van der Waals surface area (Å²) < 4.78 is 0. The van der Waals surface area contributed by atoms with Crippen LogP contribution in [0.25, 0.3) is 16.6 Å². The number of amides is 1. The first-order valence-electron chi connectivity index (χ1n) is 8.24. The van der Waals surface area contributed by atoms with Crippen LogP contribution in [0.3, 0.4) is 0 Å². The van der Waals surface area contributed by atoms with Crippen LogP contribution in [-0.4, -0.2) is 35.9 Å². The third kappa shape index (κ3) is 3.17. The van der Waals surface area contributed by atoms with E-state index in [4.69, 9.17) is 5.73 Å². The number of nitrogen functional groups attached to an aromatic ring is 1. The fraction of sp³-hybridized carbons (Fsp3) is 0.111. The minimum Gasteiger partial charge on any atom is -0.382 e. The zero-order valence-electron chi connectivity index (χ0n) is 14.5. The highest BCUT2D eigenvalue weighted by molar-refractivity contribution is 5.96. The molecule has 0 aliphatic heterocycles. The van der Waals surface area contributed by atoms with Crippen molar-refractivity contribution in [1.29, 1.82) is 0 Å². The lowest BCUT2D eigenvalue weighted by Gasteiger charge is -2.11. The number of carbonyl (C=O) groups is 1. The van der Waals surface area contributed by atoms with Gasteiger partial charge in [0.2, 0.25) is 0 Å². The van der Waals surface area contributed by atoms with Gasteiger partial charge in [-0.3, -0.25) is 9.78 Å². The second-order valence-corrected chi connectivity index (χ2v) is 5.88. The molecule has 0 atom stereocenters. The largest absolute Gasteiger partial charge is 0.382 e. The van der Waals surface area contributed by atoms with Crippen LogP contribution in [0.15, 0.2) is 49.1 Å². The number of nitrogens with zero attached hydrogens (tertiary/aromatic N) is 6. The fourth-order valence-electron chi connectivity index (χ4n) is 2.81. The molecule has 0 aliphatic carbocycles. The van der Waals surface area contributed by atoms with Crippen LogP contribution in [0.2, 0.25) is 0 Å². The first-order valence-corrected chi connectivity index (χ1v) is 8.24. The van der Waals surface area contributed by atoms with Crippen LogP contribution in [0.1, 0.15) is 21.7 Å². The van der Waals surface area contributed by atoms with Crippen molar-refractivity contribution in [2.45, 2.75) is 13.5 Å². The molecule has 3 aromatic heterocycles. The van der Waals surface area contributed by atoms with Crippen molar-refractivity contribution < 1.29 is 4.79 Å². The number of rotatable bonds is 4. The lowest BCUT2D eigenvalue weighted by Crippen LogP contribution is -2.26. The van der Waals surface area contributed by atoms with Crippen molar-refractivity contribution in [3.8, 4) is 5.82 Å². The van der Waals surface area contributed by atoms with Crippen LogP contribution in [0.5, 0.6) is 0 Å². The lowest BCUT2D eigenvalue weighted by molar-refractivity contribution is 0.0946. The second-order valence-electron chi connectivity index (χ2n) is 5.88. The normalized spacial score (nSPS) is 10.9. The lowest BCUT2D eigenvalue weighted by atomic mass is 10.1. The molecule has 0 aliphatic rings. The van der Waals surface area contributed by atoms with Crippen LogP contribution < -0.4 is 11.1 Å². The van der Waals surface area contributed by atoms with Crippen molar-refractivity contribution in [1.82, 2.24) is 35.3 Å². The summed E-state index contributed by atoms with van der Waals surface area (Å²) in [4.78, 5) is 26.5. The molecule has 134 valence electrons. The molecule has 0 radical (unpaired) electrons. The van der Waals surface area contributed by atoms with Gasteiger partial charge < -0.3 is 11.1 Å². The standard InChI is InChI=1S/C18H16N8O/c1-11-17(26-22-7-8-23-26)25-16(19)15(24-11)18(27)21-10-13-4-2-3-12-9-20-6-5-14(12)13/h2-9H,10H2,1H3,(H2,19,25)(H,21,27).